The molecule has 230 valence electrons. The van der Waals surface area contributed by atoms with Gasteiger partial charge in [-0.15, -0.1) is 0 Å². The molecule has 1 atom stereocenters. The van der Waals surface area contributed by atoms with E-state index in [1.54, 1.807) is 0 Å². The number of halogens is 12. The van der Waals surface area contributed by atoms with Crippen LogP contribution in [0, 0.1) is 0 Å². The van der Waals surface area contributed by atoms with Crippen molar-refractivity contribution in [1.82, 2.24) is 0 Å². The lowest BCUT2D eigenvalue weighted by Crippen LogP contribution is -2.52. The quantitative estimate of drug-likeness (QED) is 0.0808. The van der Waals surface area contributed by atoms with Gasteiger partial charge in [0.25, 0.3) is 0 Å². The fourth-order valence-corrected chi connectivity index (χ4v) is 3.12. The van der Waals surface area contributed by atoms with Gasteiger partial charge in [-0.1, -0.05) is 45.4 Å². The lowest BCUT2D eigenvalue weighted by Gasteiger charge is -2.39. The first-order chi connectivity index (χ1) is 17.3. The molecule has 4 nitrogen and oxygen atoms in total. The van der Waals surface area contributed by atoms with Crippen molar-refractivity contribution in [3.8, 4) is 0 Å². The summed E-state index contributed by atoms with van der Waals surface area (Å²) in [5.41, 5.74) is 0. The summed E-state index contributed by atoms with van der Waals surface area (Å²) in [6.07, 6.45) is -24.3. The summed E-state index contributed by atoms with van der Waals surface area (Å²) in [4.78, 5) is 0. The third-order valence-corrected chi connectivity index (χ3v) is 4.99. The average molecular weight is 590 g/mol. The molecule has 38 heavy (non-hydrogen) atoms. The Morgan fingerprint density at radius 2 is 0.816 bits per heavy atom. The van der Waals surface area contributed by atoms with E-state index < -0.39 is 88.9 Å². The van der Waals surface area contributed by atoms with Crippen molar-refractivity contribution in [2.45, 2.75) is 114 Å². The maximum absolute atomic E-state index is 12.7. The number of ether oxygens (including phenoxy) is 4. The van der Waals surface area contributed by atoms with Crippen LogP contribution < -0.4 is 0 Å². The zero-order chi connectivity index (χ0) is 29.5. The SMILES string of the molecule is CCCCCCCCC(OCCC(F)(F)F)C(OCCC(F)(F)F)(OCCC(F)(F)F)OCCC(F)(F)F. The van der Waals surface area contributed by atoms with Gasteiger partial charge in [-0.25, -0.2) is 0 Å². The second kappa shape index (κ2) is 17.0. The molecule has 1 unspecified atom stereocenters. The predicted molar refractivity (Wildman–Crippen MR) is 111 cm³/mol. The Kier molecular flexibility index (Phi) is 16.5. The number of unbranched alkanes of at least 4 members (excludes halogenated alkanes) is 5. The Morgan fingerprint density at radius 3 is 1.18 bits per heavy atom. The smallest absolute Gasteiger partial charge is 0.369 e. The van der Waals surface area contributed by atoms with Gasteiger partial charge in [0.1, 0.15) is 6.10 Å². The molecule has 0 amide bonds. The topological polar surface area (TPSA) is 36.9 Å². The summed E-state index contributed by atoms with van der Waals surface area (Å²) in [5, 5.41) is 0. The normalized spacial score (nSPS) is 14.8. The first kappa shape index (κ1) is 37.0. The Balaban J connectivity index is 5.99. The molecule has 0 rings (SSSR count). The van der Waals surface area contributed by atoms with Gasteiger partial charge in [0.15, 0.2) is 0 Å². The fraction of sp³-hybridized carbons (Fsp3) is 1.00. The van der Waals surface area contributed by atoms with E-state index >= 15 is 0 Å². The van der Waals surface area contributed by atoms with E-state index in [0.717, 1.165) is 19.3 Å². The van der Waals surface area contributed by atoms with Crippen molar-refractivity contribution in [3.63, 3.8) is 0 Å². The Bertz CT molecular complexity index is 553. The van der Waals surface area contributed by atoms with Gasteiger partial charge in [-0.3, -0.25) is 0 Å². The second-order valence-corrected chi connectivity index (χ2v) is 8.53. The minimum Gasteiger partial charge on any atom is -0.369 e. The summed E-state index contributed by atoms with van der Waals surface area (Å²) >= 11 is 0. The standard InChI is InChI=1S/C22H34F12O4/c1-2-3-4-5-6-7-8-17(35-13-9-18(23,24)25)22(36-14-10-19(26,27)28,37-15-11-20(29,30)31)38-16-12-21(32,33)34/h17H,2-16H2,1H3. The third-order valence-electron chi connectivity index (χ3n) is 4.99. The third kappa shape index (κ3) is 20.9. The van der Waals surface area contributed by atoms with E-state index in [0.29, 0.717) is 12.8 Å². The highest BCUT2D eigenvalue weighted by Gasteiger charge is 2.47. The number of hydrogen-bond acceptors (Lipinski definition) is 4. The van der Waals surface area contributed by atoms with Crippen molar-refractivity contribution >= 4 is 0 Å². The van der Waals surface area contributed by atoms with Crippen molar-refractivity contribution in [2.24, 2.45) is 0 Å². The summed E-state index contributed by atoms with van der Waals surface area (Å²) in [6.45, 7) is -3.14. The van der Waals surface area contributed by atoms with Gasteiger partial charge in [-0.2, -0.15) is 52.7 Å². The van der Waals surface area contributed by atoms with Crippen LogP contribution in [0.15, 0.2) is 0 Å². The minimum atomic E-state index is -4.84. The molecule has 0 aliphatic heterocycles. The monoisotopic (exact) mass is 590 g/mol. The molecule has 0 aromatic heterocycles. The highest BCUT2D eigenvalue weighted by molar-refractivity contribution is 4.75. The first-order valence-electron chi connectivity index (χ1n) is 12.1. The molecule has 0 aromatic rings. The largest absolute Gasteiger partial charge is 0.391 e. The van der Waals surface area contributed by atoms with E-state index in [1.165, 1.54) is 0 Å². The van der Waals surface area contributed by atoms with Crippen molar-refractivity contribution in [1.29, 1.82) is 0 Å². The van der Waals surface area contributed by atoms with Gasteiger partial charge < -0.3 is 18.9 Å². The molecule has 0 fully saturated rings. The molecule has 0 radical (unpaired) electrons. The van der Waals surface area contributed by atoms with Gasteiger partial charge >= 0.3 is 30.7 Å². The highest BCUT2D eigenvalue weighted by Crippen LogP contribution is 2.33. The molecule has 0 bridgehead atoms. The molecule has 16 heteroatoms. The first-order valence-corrected chi connectivity index (χ1v) is 12.1. The molecule has 0 spiro atoms. The highest BCUT2D eigenvalue weighted by atomic mass is 19.4. The van der Waals surface area contributed by atoms with Gasteiger partial charge in [0, 0.05) is 0 Å². The van der Waals surface area contributed by atoms with Gasteiger partial charge in [0.2, 0.25) is 0 Å². The summed E-state index contributed by atoms with van der Waals surface area (Å²) in [7, 11) is 0. The van der Waals surface area contributed by atoms with E-state index in [1.807, 2.05) is 6.92 Å². The number of rotatable bonds is 20. The Labute approximate surface area is 213 Å². The maximum Gasteiger partial charge on any atom is 0.391 e. The van der Waals surface area contributed by atoms with Gasteiger partial charge in [-0.05, 0) is 6.42 Å². The summed E-state index contributed by atoms with van der Waals surface area (Å²) in [5.74, 6) is -3.04. The summed E-state index contributed by atoms with van der Waals surface area (Å²) in [6, 6.07) is 0. The van der Waals surface area contributed by atoms with Crippen LogP contribution in [0.3, 0.4) is 0 Å². The van der Waals surface area contributed by atoms with E-state index in [9.17, 15) is 52.7 Å². The Morgan fingerprint density at radius 1 is 0.474 bits per heavy atom. The molecule has 0 heterocycles. The second-order valence-electron chi connectivity index (χ2n) is 8.53. The van der Waals surface area contributed by atoms with E-state index in [2.05, 4.69) is 0 Å². The molecule has 0 N–H and O–H groups in total. The van der Waals surface area contributed by atoms with Crippen LogP contribution in [-0.4, -0.2) is 63.2 Å². The van der Waals surface area contributed by atoms with Gasteiger partial charge in [0.05, 0.1) is 52.1 Å². The van der Waals surface area contributed by atoms with Crippen LogP contribution in [0.5, 0.6) is 0 Å². The maximum atomic E-state index is 12.7. The van der Waals surface area contributed by atoms with Crippen molar-refractivity contribution in [2.75, 3.05) is 26.4 Å². The Hall–Kier alpha value is -1.00. The number of hydrogen-bond donors (Lipinski definition) is 0. The van der Waals surface area contributed by atoms with E-state index in [4.69, 9.17) is 18.9 Å². The molecule has 0 aliphatic rings. The van der Waals surface area contributed by atoms with Crippen LogP contribution >= 0.6 is 0 Å². The number of alkyl halides is 12. The fourth-order valence-electron chi connectivity index (χ4n) is 3.12. The van der Waals surface area contributed by atoms with Crippen molar-refractivity contribution < 1.29 is 71.6 Å². The van der Waals surface area contributed by atoms with Crippen molar-refractivity contribution in [3.05, 3.63) is 0 Å². The molecular weight excluding hydrogens is 556 g/mol. The van der Waals surface area contributed by atoms with Crippen LogP contribution in [0.4, 0.5) is 52.7 Å². The lowest BCUT2D eigenvalue weighted by atomic mass is 10.1. The summed E-state index contributed by atoms with van der Waals surface area (Å²) < 4.78 is 173. The molecule has 0 aromatic carbocycles. The molecule has 0 saturated carbocycles. The van der Waals surface area contributed by atoms with Crippen LogP contribution in [0.2, 0.25) is 0 Å². The van der Waals surface area contributed by atoms with E-state index in [-0.39, 0.29) is 12.8 Å². The molecule has 0 saturated heterocycles. The zero-order valence-electron chi connectivity index (χ0n) is 20.9. The molecule has 0 aliphatic carbocycles. The predicted octanol–water partition coefficient (Wildman–Crippen LogP) is 8.64. The average Bonchev–Trinajstić information content (AvgIpc) is 2.71. The zero-order valence-corrected chi connectivity index (χ0v) is 20.9. The van der Waals surface area contributed by atoms with Crippen LogP contribution in [-0.2, 0) is 18.9 Å². The van der Waals surface area contributed by atoms with Crippen LogP contribution in [0.25, 0.3) is 0 Å². The lowest BCUT2D eigenvalue weighted by molar-refractivity contribution is -0.425. The molecular formula is C22H34F12O4. The minimum absolute atomic E-state index is 0.149. The van der Waals surface area contributed by atoms with Crippen LogP contribution in [0.1, 0.15) is 77.6 Å².